The van der Waals surface area contributed by atoms with Gasteiger partial charge in [-0.15, -0.1) is 0 Å². The number of carbonyl (C=O) groups is 2. The Morgan fingerprint density at radius 1 is 1.29 bits per heavy atom. The summed E-state index contributed by atoms with van der Waals surface area (Å²) in [4.78, 5) is 22.5. The standard InChI is InChI=1S/C16H22N2O3/c1-12(17-2)16(21)18-14(10-11-15(19)20)9-8-13-6-4-3-5-7-13/h3-7,10-12,14,17H,8-9H2,1-2H3,(H,18,21)(H,19,20). The first-order valence-electron chi connectivity index (χ1n) is 6.95. The molecule has 0 aliphatic rings. The Hall–Kier alpha value is -2.14. The molecule has 0 aliphatic heterocycles. The van der Waals surface area contributed by atoms with Crippen LogP contribution in [0.3, 0.4) is 0 Å². The first-order valence-corrected chi connectivity index (χ1v) is 6.95. The van der Waals surface area contributed by atoms with Crippen molar-refractivity contribution in [2.75, 3.05) is 7.05 Å². The predicted octanol–water partition coefficient (Wildman–Crippen LogP) is 1.35. The summed E-state index contributed by atoms with van der Waals surface area (Å²) >= 11 is 0. The van der Waals surface area contributed by atoms with Gasteiger partial charge in [0.15, 0.2) is 0 Å². The Morgan fingerprint density at radius 2 is 1.95 bits per heavy atom. The van der Waals surface area contributed by atoms with Crippen molar-refractivity contribution in [3.63, 3.8) is 0 Å². The van der Waals surface area contributed by atoms with Crippen LogP contribution < -0.4 is 10.6 Å². The average molecular weight is 290 g/mol. The van der Waals surface area contributed by atoms with Gasteiger partial charge in [-0.05, 0) is 32.4 Å². The van der Waals surface area contributed by atoms with E-state index in [0.29, 0.717) is 6.42 Å². The lowest BCUT2D eigenvalue weighted by Gasteiger charge is -2.18. The van der Waals surface area contributed by atoms with Crippen LogP contribution in [0.2, 0.25) is 0 Å². The van der Waals surface area contributed by atoms with Gasteiger partial charge in [0, 0.05) is 12.1 Å². The molecular weight excluding hydrogens is 268 g/mol. The zero-order valence-electron chi connectivity index (χ0n) is 12.4. The number of aliphatic carboxylic acids is 1. The molecule has 5 nitrogen and oxygen atoms in total. The lowest BCUT2D eigenvalue weighted by atomic mass is 10.0. The molecule has 0 spiro atoms. The number of aryl methyl sites for hydroxylation is 1. The van der Waals surface area contributed by atoms with Crippen molar-refractivity contribution in [2.45, 2.75) is 31.8 Å². The normalized spacial score (nSPS) is 13.8. The molecule has 0 saturated heterocycles. The van der Waals surface area contributed by atoms with E-state index < -0.39 is 5.97 Å². The second-order valence-electron chi connectivity index (χ2n) is 4.85. The minimum Gasteiger partial charge on any atom is -0.478 e. The van der Waals surface area contributed by atoms with E-state index in [2.05, 4.69) is 10.6 Å². The van der Waals surface area contributed by atoms with Gasteiger partial charge in [0.1, 0.15) is 0 Å². The number of carbonyl (C=O) groups excluding carboxylic acids is 1. The molecule has 1 amide bonds. The highest BCUT2D eigenvalue weighted by molar-refractivity contribution is 5.82. The first kappa shape index (κ1) is 16.9. The molecule has 1 aromatic rings. The van der Waals surface area contributed by atoms with E-state index >= 15 is 0 Å². The lowest BCUT2D eigenvalue weighted by Crippen LogP contribution is -2.44. The maximum absolute atomic E-state index is 11.9. The van der Waals surface area contributed by atoms with Crippen LogP contribution >= 0.6 is 0 Å². The summed E-state index contributed by atoms with van der Waals surface area (Å²) < 4.78 is 0. The molecule has 2 atom stereocenters. The van der Waals surface area contributed by atoms with Crippen LogP contribution in [0.5, 0.6) is 0 Å². The predicted molar refractivity (Wildman–Crippen MR) is 82.0 cm³/mol. The highest BCUT2D eigenvalue weighted by Gasteiger charge is 2.14. The van der Waals surface area contributed by atoms with E-state index in [1.807, 2.05) is 30.3 Å². The summed E-state index contributed by atoms with van der Waals surface area (Å²) in [5.74, 6) is -1.17. The van der Waals surface area contributed by atoms with Crippen molar-refractivity contribution in [2.24, 2.45) is 0 Å². The van der Waals surface area contributed by atoms with Gasteiger partial charge in [-0.25, -0.2) is 4.79 Å². The average Bonchev–Trinajstić information content (AvgIpc) is 2.49. The minimum atomic E-state index is -1.02. The molecule has 1 rings (SSSR count). The molecule has 0 heterocycles. The largest absolute Gasteiger partial charge is 0.478 e. The molecule has 0 radical (unpaired) electrons. The van der Waals surface area contributed by atoms with Crippen LogP contribution in [-0.4, -0.2) is 36.1 Å². The number of carboxylic acid groups (broad SMARTS) is 1. The Labute approximate surface area is 125 Å². The summed E-state index contributed by atoms with van der Waals surface area (Å²) in [6, 6.07) is 9.26. The van der Waals surface area contributed by atoms with E-state index in [4.69, 9.17) is 5.11 Å². The van der Waals surface area contributed by atoms with Crippen molar-refractivity contribution < 1.29 is 14.7 Å². The number of nitrogens with one attached hydrogen (secondary N) is 2. The Bertz CT molecular complexity index is 486. The van der Waals surface area contributed by atoms with Crippen LogP contribution in [0.15, 0.2) is 42.5 Å². The number of amides is 1. The van der Waals surface area contributed by atoms with Crippen molar-refractivity contribution in [1.82, 2.24) is 10.6 Å². The second-order valence-corrected chi connectivity index (χ2v) is 4.85. The van der Waals surface area contributed by atoms with Crippen LogP contribution in [0.25, 0.3) is 0 Å². The van der Waals surface area contributed by atoms with Crippen molar-refractivity contribution >= 4 is 11.9 Å². The quantitative estimate of drug-likeness (QED) is 0.632. The molecule has 0 aliphatic carbocycles. The highest BCUT2D eigenvalue weighted by Crippen LogP contribution is 2.06. The smallest absolute Gasteiger partial charge is 0.328 e. The molecule has 5 heteroatoms. The fraction of sp³-hybridized carbons (Fsp3) is 0.375. The number of hydrogen-bond acceptors (Lipinski definition) is 3. The number of benzene rings is 1. The van der Waals surface area contributed by atoms with Gasteiger partial charge >= 0.3 is 5.97 Å². The van der Waals surface area contributed by atoms with Crippen LogP contribution in [-0.2, 0) is 16.0 Å². The van der Waals surface area contributed by atoms with E-state index in [1.54, 1.807) is 14.0 Å². The van der Waals surface area contributed by atoms with Crippen LogP contribution in [0.4, 0.5) is 0 Å². The molecule has 0 fully saturated rings. The molecule has 2 unspecified atom stereocenters. The molecule has 21 heavy (non-hydrogen) atoms. The lowest BCUT2D eigenvalue weighted by molar-refractivity contribution is -0.131. The molecule has 114 valence electrons. The SMILES string of the molecule is CNC(C)C(=O)NC(C=CC(=O)O)CCc1ccccc1. The number of carboxylic acids is 1. The molecule has 1 aromatic carbocycles. The summed E-state index contributed by atoms with van der Waals surface area (Å²) in [5, 5.41) is 14.4. The van der Waals surface area contributed by atoms with Gasteiger partial charge in [0.05, 0.1) is 6.04 Å². The van der Waals surface area contributed by atoms with Gasteiger partial charge in [0.25, 0.3) is 0 Å². The van der Waals surface area contributed by atoms with Gasteiger partial charge in [-0.1, -0.05) is 36.4 Å². The third-order valence-electron chi connectivity index (χ3n) is 3.21. The summed E-state index contributed by atoms with van der Waals surface area (Å²) in [7, 11) is 1.70. The molecule has 0 aromatic heterocycles. The zero-order valence-corrected chi connectivity index (χ0v) is 12.4. The number of hydrogen-bond donors (Lipinski definition) is 3. The molecule has 3 N–H and O–H groups in total. The number of rotatable bonds is 8. The number of likely N-dealkylation sites (N-methyl/N-ethyl adjacent to an activating group) is 1. The first-order chi connectivity index (χ1) is 10.0. The summed E-state index contributed by atoms with van der Waals surface area (Å²) in [6.45, 7) is 1.75. The van der Waals surface area contributed by atoms with Crippen molar-refractivity contribution in [1.29, 1.82) is 0 Å². The fourth-order valence-corrected chi connectivity index (χ4v) is 1.82. The maximum atomic E-state index is 11.9. The molecular formula is C16H22N2O3. The zero-order chi connectivity index (χ0) is 15.7. The third-order valence-corrected chi connectivity index (χ3v) is 3.21. The summed E-state index contributed by atoms with van der Waals surface area (Å²) in [6.07, 6.45) is 4.01. The fourth-order valence-electron chi connectivity index (χ4n) is 1.82. The second kappa shape index (κ2) is 8.92. The van der Waals surface area contributed by atoms with Gasteiger partial charge < -0.3 is 15.7 Å². The maximum Gasteiger partial charge on any atom is 0.328 e. The monoisotopic (exact) mass is 290 g/mol. The van der Waals surface area contributed by atoms with Crippen LogP contribution in [0.1, 0.15) is 18.9 Å². The van der Waals surface area contributed by atoms with Crippen molar-refractivity contribution in [3.8, 4) is 0 Å². The van der Waals surface area contributed by atoms with E-state index in [1.165, 1.54) is 6.08 Å². The van der Waals surface area contributed by atoms with Crippen molar-refractivity contribution in [3.05, 3.63) is 48.0 Å². The Balaban J connectivity index is 2.64. The van der Waals surface area contributed by atoms with Gasteiger partial charge in [-0.2, -0.15) is 0 Å². The topological polar surface area (TPSA) is 78.4 Å². The highest BCUT2D eigenvalue weighted by atomic mass is 16.4. The van der Waals surface area contributed by atoms with Crippen LogP contribution in [0, 0.1) is 0 Å². The van der Waals surface area contributed by atoms with Gasteiger partial charge in [0.2, 0.25) is 5.91 Å². The third kappa shape index (κ3) is 6.72. The van der Waals surface area contributed by atoms with E-state index in [-0.39, 0.29) is 18.0 Å². The molecule has 0 bridgehead atoms. The van der Waals surface area contributed by atoms with E-state index in [9.17, 15) is 9.59 Å². The summed E-state index contributed by atoms with van der Waals surface area (Å²) in [5.41, 5.74) is 1.15. The van der Waals surface area contributed by atoms with Gasteiger partial charge in [-0.3, -0.25) is 4.79 Å². The Kier molecular flexibility index (Phi) is 7.18. The minimum absolute atomic E-state index is 0.148. The molecule has 0 saturated carbocycles. The Morgan fingerprint density at radius 3 is 2.52 bits per heavy atom. The van der Waals surface area contributed by atoms with E-state index in [0.717, 1.165) is 18.1 Å².